The van der Waals surface area contributed by atoms with Gasteiger partial charge >= 0.3 is 0 Å². The van der Waals surface area contributed by atoms with Crippen LogP contribution in [0.3, 0.4) is 0 Å². The monoisotopic (exact) mass is 298 g/mol. The Morgan fingerprint density at radius 2 is 2.05 bits per heavy atom. The predicted molar refractivity (Wildman–Crippen MR) is 83.0 cm³/mol. The second kappa shape index (κ2) is 6.44. The van der Waals surface area contributed by atoms with E-state index in [1.54, 1.807) is 6.20 Å². The maximum absolute atomic E-state index is 8.77. The van der Waals surface area contributed by atoms with Gasteiger partial charge in [-0.3, -0.25) is 9.25 Å². The van der Waals surface area contributed by atoms with E-state index in [1.807, 2.05) is 52.1 Å². The number of benzene rings is 1. The first-order chi connectivity index (χ1) is 10.8. The SMILES string of the molecule is CCn1cc(-n2ccnc2-c2ccc(OCCO)cc2)cn1. The Hall–Kier alpha value is -2.60. The highest BCUT2D eigenvalue weighted by molar-refractivity contribution is 5.59. The number of hydrogen-bond donors (Lipinski definition) is 1. The minimum absolute atomic E-state index is 0.00752. The van der Waals surface area contributed by atoms with Crippen LogP contribution in [0.2, 0.25) is 0 Å². The zero-order valence-corrected chi connectivity index (χ0v) is 12.4. The molecule has 0 aliphatic heterocycles. The molecule has 3 rings (SSSR count). The van der Waals surface area contributed by atoms with Crippen molar-refractivity contribution in [2.24, 2.45) is 0 Å². The Morgan fingerprint density at radius 3 is 2.73 bits per heavy atom. The van der Waals surface area contributed by atoms with Crippen LogP contribution in [0, 0.1) is 0 Å². The molecule has 0 radical (unpaired) electrons. The first kappa shape index (κ1) is 14.3. The van der Waals surface area contributed by atoms with Crippen molar-refractivity contribution >= 4 is 0 Å². The minimum atomic E-state index is 0.00752. The average Bonchev–Trinajstić information content (AvgIpc) is 3.21. The summed E-state index contributed by atoms with van der Waals surface area (Å²) in [6.45, 7) is 3.19. The molecule has 0 saturated carbocycles. The summed E-state index contributed by atoms with van der Waals surface area (Å²) in [6.07, 6.45) is 7.51. The second-order valence-corrected chi connectivity index (χ2v) is 4.77. The van der Waals surface area contributed by atoms with Gasteiger partial charge in [0.1, 0.15) is 18.2 Å². The first-order valence-electron chi connectivity index (χ1n) is 7.22. The molecule has 114 valence electrons. The molecule has 0 fully saturated rings. The molecule has 6 nitrogen and oxygen atoms in total. The molecule has 0 spiro atoms. The molecule has 0 amide bonds. The summed E-state index contributed by atoms with van der Waals surface area (Å²) in [6, 6.07) is 7.66. The van der Waals surface area contributed by atoms with E-state index >= 15 is 0 Å². The Bertz CT molecular complexity index is 731. The quantitative estimate of drug-likeness (QED) is 0.757. The first-order valence-corrected chi connectivity index (χ1v) is 7.22. The van der Waals surface area contributed by atoms with Gasteiger partial charge in [-0.05, 0) is 31.2 Å². The average molecular weight is 298 g/mol. The van der Waals surface area contributed by atoms with E-state index in [0.29, 0.717) is 6.61 Å². The summed E-state index contributed by atoms with van der Waals surface area (Å²) in [5.74, 6) is 1.58. The van der Waals surface area contributed by atoms with Gasteiger partial charge in [0, 0.05) is 30.7 Å². The van der Waals surface area contributed by atoms with Gasteiger partial charge in [-0.1, -0.05) is 0 Å². The van der Waals surface area contributed by atoms with Crippen molar-refractivity contribution in [2.75, 3.05) is 13.2 Å². The highest BCUT2D eigenvalue weighted by Gasteiger charge is 2.09. The molecular formula is C16H18N4O2. The predicted octanol–water partition coefficient (Wildman–Crippen LogP) is 2.13. The fourth-order valence-electron chi connectivity index (χ4n) is 2.24. The van der Waals surface area contributed by atoms with Crippen molar-refractivity contribution < 1.29 is 9.84 Å². The van der Waals surface area contributed by atoms with Crippen molar-refractivity contribution in [1.82, 2.24) is 19.3 Å². The molecule has 0 aliphatic rings. The van der Waals surface area contributed by atoms with Crippen LogP contribution >= 0.6 is 0 Å². The Morgan fingerprint density at radius 1 is 1.23 bits per heavy atom. The van der Waals surface area contributed by atoms with Crippen LogP contribution in [-0.4, -0.2) is 37.7 Å². The van der Waals surface area contributed by atoms with Crippen LogP contribution < -0.4 is 4.74 Å². The van der Waals surface area contributed by atoms with Crippen LogP contribution in [0.5, 0.6) is 5.75 Å². The van der Waals surface area contributed by atoms with Gasteiger partial charge < -0.3 is 9.84 Å². The topological polar surface area (TPSA) is 65.1 Å². The molecule has 0 aliphatic carbocycles. The number of aliphatic hydroxyl groups is 1. The molecule has 0 atom stereocenters. The zero-order valence-electron chi connectivity index (χ0n) is 12.4. The molecule has 2 aromatic heterocycles. The van der Waals surface area contributed by atoms with E-state index in [0.717, 1.165) is 29.4 Å². The number of aromatic nitrogens is 4. The fraction of sp³-hybridized carbons (Fsp3) is 0.250. The molecule has 1 aromatic carbocycles. The van der Waals surface area contributed by atoms with Crippen LogP contribution in [0.4, 0.5) is 0 Å². The Balaban J connectivity index is 1.88. The molecule has 0 bridgehead atoms. The van der Waals surface area contributed by atoms with E-state index in [9.17, 15) is 0 Å². The van der Waals surface area contributed by atoms with E-state index < -0.39 is 0 Å². The van der Waals surface area contributed by atoms with Crippen molar-refractivity contribution in [3.63, 3.8) is 0 Å². The molecule has 1 N–H and O–H groups in total. The fourth-order valence-corrected chi connectivity index (χ4v) is 2.24. The standard InChI is InChI=1S/C16H18N4O2/c1-2-19-12-14(11-18-19)20-8-7-17-16(20)13-3-5-15(6-4-13)22-10-9-21/h3-8,11-12,21H,2,9-10H2,1H3. The van der Waals surface area contributed by atoms with Gasteiger partial charge in [-0.2, -0.15) is 5.10 Å². The summed E-state index contributed by atoms with van der Waals surface area (Å²) in [5, 5.41) is 13.1. The summed E-state index contributed by atoms with van der Waals surface area (Å²) in [5.41, 5.74) is 1.97. The summed E-state index contributed by atoms with van der Waals surface area (Å²) in [7, 11) is 0. The third-order valence-corrected chi connectivity index (χ3v) is 3.34. The molecular weight excluding hydrogens is 280 g/mol. The van der Waals surface area contributed by atoms with Crippen molar-refractivity contribution in [1.29, 1.82) is 0 Å². The van der Waals surface area contributed by atoms with E-state index in [4.69, 9.17) is 9.84 Å². The molecule has 0 unspecified atom stereocenters. The number of rotatable bonds is 6. The lowest BCUT2D eigenvalue weighted by Crippen LogP contribution is -2.01. The molecule has 0 saturated heterocycles. The molecule has 6 heteroatoms. The van der Waals surface area contributed by atoms with Crippen LogP contribution in [0.1, 0.15) is 6.92 Å². The van der Waals surface area contributed by atoms with Crippen molar-refractivity contribution in [3.05, 3.63) is 49.1 Å². The highest BCUT2D eigenvalue weighted by Crippen LogP contribution is 2.23. The van der Waals surface area contributed by atoms with E-state index in [2.05, 4.69) is 17.0 Å². The number of aliphatic hydroxyl groups excluding tert-OH is 1. The number of nitrogens with zero attached hydrogens (tertiary/aromatic N) is 4. The van der Waals surface area contributed by atoms with Gasteiger partial charge in [0.15, 0.2) is 0 Å². The summed E-state index contributed by atoms with van der Waals surface area (Å²) >= 11 is 0. The van der Waals surface area contributed by atoms with Crippen LogP contribution in [0.25, 0.3) is 17.1 Å². The Kier molecular flexibility index (Phi) is 4.20. The van der Waals surface area contributed by atoms with Crippen LogP contribution in [0.15, 0.2) is 49.1 Å². The lowest BCUT2D eigenvalue weighted by molar-refractivity contribution is 0.201. The number of imidazole rings is 1. The summed E-state index contributed by atoms with van der Waals surface area (Å²) in [4.78, 5) is 4.43. The van der Waals surface area contributed by atoms with Crippen molar-refractivity contribution in [2.45, 2.75) is 13.5 Å². The zero-order chi connectivity index (χ0) is 15.4. The van der Waals surface area contributed by atoms with Gasteiger partial charge in [-0.25, -0.2) is 4.98 Å². The summed E-state index contributed by atoms with van der Waals surface area (Å²) < 4.78 is 9.25. The largest absolute Gasteiger partial charge is 0.491 e. The number of ether oxygens (including phenoxy) is 1. The second-order valence-electron chi connectivity index (χ2n) is 4.77. The highest BCUT2D eigenvalue weighted by atomic mass is 16.5. The third-order valence-electron chi connectivity index (χ3n) is 3.34. The molecule has 3 aromatic rings. The van der Waals surface area contributed by atoms with Crippen molar-refractivity contribution in [3.8, 4) is 22.8 Å². The van der Waals surface area contributed by atoms with Gasteiger partial charge in [0.2, 0.25) is 0 Å². The van der Waals surface area contributed by atoms with Gasteiger partial charge in [0.05, 0.1) is 18.5 Å². The molecule has 22 heavy (non-hydrogen) atoms. The van der Waals surface area contributed by atoms with Gasteiger partial charge in [0.25, 0.3) is 0 Å². The lowest BCUT2D eigenvalue weighted by Gasteiger charge is -2.07. The smallest absolute Gasteiger partial charge is 0.144 e. The number of aryl methyl sites for hydroxylation is 1. The van der Waals surface area contributed by atoms with E-state index in [-0.39, 0.29) is 6.61 Å². The van der Waals surface area contributed by atoms with E-state index in [1.165, 1.54) is 0 Å². The maximum atomic E-state index is 8.77. The lowest BCUT2D eigenvalue weighted by atomic mass is 10.2. The third kappa shape index (κ3) is 2.87. The molecule has 2 heterocycles. The van der Waals surface area contributed by atoms with Gasteiger partial charge in [-0.15, -0.1) is 0 Å². The van der Waals surface area contributed by atoms with Crippen LogP contribution in [-0.2, 0) is 6.54 Å². The maximum Gasteiger partial charge on any atom is 0.144 e. The Labute approximate surface area is 128 Å². The minimum Gasteiger partial charge on any atom is -0.491 e. The normalized spacial score (nSPS) is 10.8. The number of hydrogen-bond acceptors (Lipinski definition) is 4.